The zero-order valence-electron chi connectivity index (χ0n) is 18.5. The number of halogens is 1. The Morgan fingerprint density at radius 3 is 2.22 bits per heavy atom. The molecule has 0 amide bonds. The monoisotopic (exact) mass is 431 g/mol. The van der Waals surface area contributed by atoms with Gasteiger partial charge < -0.3 is 16.1 Å². The minimum absolute atomic E-state index is 0.345. The number of nitrogens with zero attached hydrogens (tertiary/aromatic N) is 5. The van der Waals surface area contributed by atoms with Crippen LogP contribution in [0.3, 0.4) is 0 Å². The number of rotatable bonds is 5. The van der Waals surface area contributed by atoms with E-state index in [9.17, 15) is 0 Å². The van der Waals surface area contributed by atoms with Crippen molar-refractivity contribution in [2.24, 2.45) is 15.9 Å². The van der Waals surface area contributed by atoms with Gasteiger partial charge in [0.05, 0.1) is 34.2 Å². The third kappa shape index (κ3) is 3.68. The van der Waals surface area contributed by atoms with E-state index in [1.807, 2.05) is 56.3 Å². The summed E-state index contributed by atoms with van der Waals surface area (Å²) in [5, 5.41) is 7.09. The fourth-order valence-electron chi connectivity index (χ4n) is 4.22. The molecule has 0 fully saturated rings. The van der Waals surface area contributed by atoms with Gasteiger partial charge in [0.25, 0.3) is 0 Å². The van der Waals surface area contributed by atoms with Crippen molar-refractivity contribution in [3.63, 3.8) is 0 Å². The summed E-state index contributed by atoms with van der Waals surface area (Å²) in [5.41, 5.74) is 3.77. The molecule has 3 heterocycles. The van der Waals surface area contributed by atoms with E-state index in [4.69, 9.17) is 5.84 Å². The van der Waals surface area contributed by atoms with Crippen molar-refractivity contribution in [3.8, 4) is 0 Å². The van der Waals surface area contributed by atoms with Crippen molar-refractivity contribution in [2.75, 3.05) is 17.3 Å². The second-order valence-electron chi connectivity index (χ2n) is 8.10. The van der Waals surface area contributed by atoms with Crippen LogP contribution in [0.25, 0.3) is 0 Å². The van der Waals surface area contributed by atoms with Gasteiger partial charge in [-0.15, -0.1) is 0 Å². The van der Waals surface area contributed by atoms with Gasteiger partial charge in [0.1, 0.15) is 17.5 Å². The van der Waals surface area contributed by atoms with Crippen molar-refractivity contribution in [1.82, 2.24) is 9.97 Å². The van der Waals surface area contributed by atoms with E-state index < -0.39 is 5.66 Å². The maximum absolute atomic E-state index is 15.4. The van der Waals surface area contributed by atoms with Gasteiger partial charge in [0.2, 0.25) is 0 Å². The lowest BCUT2D eigenvalue weighted by molar-refractivity contribution is 0.493. The molecule has 3 N–H and O–H groups in total. The Morgan fingerprint density at radius 2 is 1.72 bits per heavy atom. The molecular formula is C24H26FN7. The molecule has 1 aromatic carbocycles. The predicted molar refractivity (Wildman–Crippen MR) is 127 cm³/mol. The van der Waals surface area contributed by atoms with E-state index in [1.165, 1.54) is 6.07 Å². The molecule has 0 radical (unpaired) electrons. The van der Waals surface area contributed by atoms with Crippen LogP contribution in [-0.4, -0.2) is 34.1 Å². The third-order valence-electron chi connectivity index (χ3n) is 5.59. The summed E-state index contributed by atoms with van der Waals surface area (Å²) in [4.78, 5) is 15.6. The molecule has 0 atom stereocenters. The minimum atomic E-state index is -0.623. The van der Waals surface area contributed by atoms with Crippen LogP contribution >= 0.6 is 0 Å². The van der Waals surface area contributed by atoms with Crippen LogP contribution in [0.15, 0.2) is 71.0 Å². The Labute approximate surface area is 186 Å². The van der Waals surface area contributed by atoms with Crippen LogP contribution in [0.4, 0.5) is 15.8 Å². The quantitative estimate of drug-likeness (QED) is 0.360. The van der Waals surface area contributed by atoms with E-state index >= 15 is 4.39 Å². The lowest BCUT2D eigenvalue weighted by Crippen LogP contribution is -2.48. The topological polar surface area (TPSA) is 91.8 Å². The molecule has 1 aliphatic heterocycles. The first-order valence-corrected chi connectivity index (χ1v) is 10.3. The van der Waals surface area contributed by atoms with Gasteiger partial charge >= 0.3 is 0 Å². The van der Waals surface area contributed by atoms with Gasteiger partial charge in [0, 0.05) is 25.0 Å². The first kappa shape index (κ1) is 21.4. The van der Waals surface area contributed by atoms with Crippen molar-refractivity contribution in [1.29, 1.82) is 0 Å². The summed E-state index contributed by atoms with van der Waals surface area (Å²) >= 11 is 0. The Hall–Kier alpha value is -3.81. The molecule has 32 heavy (non-hydrogen) atoms. The Morgan fingerprint density at radius 1 is 1.09 bits per heavy atom. The summed E-state index contributed by atoms with van der Waals surface area (Å²) in [6.07, 6.45) is 3.51. The summed E-state index contributed by atoms with van der Waals surface area (Å²) < 4.78 is 15.4. The van der Waals surface area contributed by atoms with Gasteiger partial charge in [-0.25, -0.2) is 4.39 Å². The summed E-state index contributed by atoms with van der Waals surface area (Å²) in [6, 6.07) is 14.6. The lowest BCUT2D eigenvalue weighted by atomic mass is 10.0. The number of fused-ring (bicyclic) bond motifs is 1. The zero-order chi connectivity index (χ0) is 22.9. The zero-order valence-corrected chi connectivity index (χ0v) is 18.5. The molecule has 164 valence electrons. The Balaban J connectivity index is 1.95. The van der Waals surface area contributed by atoms with Crippen LogP contribution < -0.4 is 16.1 Å². The van der Waals surface area contributed by atoms with E-state index in [-0.39, 0.29) is 11.9 Å². The highest BCUT2D eigenvalue weighted by atomic mass is 19.1. The standard InChI is InChI=1S/C24H26FN7/c1-15(31-26)21(27-4)16-13-17(25)22-20(14-16)32(24(2,3)30-22)23(18-9-5-7-11-28-18)19-10-6-8-12-29-19/h5-14,23,30H,26H2,1-4H3. The molecule has 0 unspecified atom stereocenters. The molecule has 1 aliphatic rings. The first-order chi connectivity index (χ1) is 15.4. The fraction of sp³-hybridized carbons (Fsp3) is 0.250. The van der Waals surface area contributed by atoms with Crippen LogP contribution in [-0.2, 0) is 0 Å². The highest BCUT2D eigenvalue weighted by molar-refractivity contribution is 6.47. The summed E-state index contributed by atoms with van der Waals surface area (Å²) in [5.74, 6) is 5.11. The van der Waals surface area contributed by atoms with E-state index in [0.29, 0.717) is 28.4 Å². The molecule has 8 heteroatoms. The number of hydrogen-bond donors (Lipinski definition) is 2. The van der Waals surface area contributed by atoms with E-state index in [1.54, 1.807) is 26.4 Å². The van der Waals surface area contributed by atoms with Crippen molar-refractivity contribution >= 4 is 22.8 Å². The SMILES string of the molecule is CN=C(C(C)=NN)c1cc(F)c2c(c1)N(C(c1ccccn1)c1ccccn1)C(C)(C)N2. The van der Waals surface area contributed by atoms with Gasteiger partial charge in [-0.2, -0.15) is 5.10 Å². The number of nitrogens with one attached hydrogen (secondary N) is 1. The summed E-state index contributed by atoms with van der Waals surface area (Å²) in [7, 11) is 1.64. The number of benzene rings is 1. The highest BCUT2D eigenvalue weighted by Crippen LogP contribution is 2.48. The molecule has 3 aromatic rings. The molecule has 4 rings (SSSR count). The lowest BCUT2D eigenvalue weighted by Gasteiger charge is -2.39. The number of anilines is 2. The number of aromatic nitrogens is 2. The highest BCUT2D eigenvalue weighted by Gasteiger charge is 2.43. The number of aliphatic imine (C=N–C) groups is 1. The second-order valence-corrected chi connectivity index (χ2v) is 8.10. The molecule has 2 aromatic heterocycles. The van der Waals surface area contributed by atoms with Crippen molar-refractivity contribution in [3.05, 3.63) is 83.7 Å². The van der Waals surface area contributed by atoms with Crippen molar-refractivity contribution < 1.29 is 4.39 Å². The number of nitrogens with two attached hydrogens (primary N) is 1. The maximum Gasteiger partial charge on any atom is 0.149 e. The number of hydrazone groups is 1. The average molecular weight is 432 g/mol. The van der Waals surface area contributed by atoms with Crippen LogP contribution in [0, 0.1) is 5.82 Å². The van der Waals surface area contributed by atoms with Crippen LogP contribution in [0.2, 0.25) is 0 Å². The largest absolute Gasteiger partial charge is 0.359 e. The van der Waals surface area contributed by atoms with Gasteiger partial charge in [0.15, 0.2) is 0 Å². The van der Waals surface area contributed by atoms with Crippen LogP contribution in [0.5, 0.6) is 0 Å². The van der Waals surface area contributed by atoms with Gasteiger partial charge in [-0.3, -0.25) is 15.0 Å². The number of hydrogen-bond acceptors (Lipinski definition) is 7. The fourth-order valence-corrected chi connectivity index (χ4v) is 4.22. The molecule has 0 bridgehead atoms. The molecule has 0 saturated carbocycles. The third-order valence-corrected chi connectivity index (χ3v) is 5.59. The average Bonchev–Trinajstić information content (AvgIpc) is 3.07. The maximum atomic E-state index is 15.4. The van der Waals surface area contributed by atoms with Gasteiger partial charge in [-0.1, -0.05) is 12.1 Å². The van der Waals surface area contributed by atoms with E-state index in [0.717, 1.165) is 11.4 Å². The molecule has 0 saturated heterocycles. The molecule has 0 spiro atoms. The Bertz CT molecular complexity index is 1130. The molecule has 0 aliphatic carbocycles. The normalized spacial score (nSPS) is 15.6. The van der Waals surface area contributed by atoms with Crippen LogP contribution in [0.1, 0.15) is 43.8 Å². The van der Waals surface area contributed by atoms with E-state index in [2.05, 4.69) is 30.3 Å². The number of pyridine rings is 2. The summed E-state index contributed by atoms with van der Waals surface area (Å²) in [6.45, 7) is 5.76. The van der Waals surface area contributed by atoms with Gasteiger partial charge in [-0.05, 0) is 57.2 Å². The predicted octanol–water partition coefficient (Wildman–Crippen LogP) is 4.13. The molecular weight excluding hydrogens is 405 g/mol. The minimum Gasteiger partial charge on any atom is -0.359 e. The molecule has 7 nitrogen and oxygen atoms in total. The smallest absolute Gasteiger partial charge is 0.149 e. The second kappa shape index (κ2) is 8.37. The Kier molecular flexibility index (Phi) is 5.61. The van der Waals surface area contributed by atoms with Crippen molar-refractivity contribution in [2.45, 2.75) is 32.5 Å². The first-order valence-electron chi connectivity index (χ1n) is 10.3.